The third kappa shape index (κ3) is 3.81. The van der Waals surface area contributed by atoms with Gasteiger partial charge in [-0.05, 0) is 24.5 Å². The van der Waals surface area contributed by atoms with E-state index in [1.807, 2.05) is 26.9 Å². The maximum atomic E-state index is 13.3. The topological polar surface area (TPSA) is 101 Å². The third-order valence-electron chi connectivity index (χ3n) is 4.46. The van der Waals surface area contributed by atoms with Crippen LogP contribution in [0.5, 0.6) is 0 Å². The Bertz CT molecular complexity index is 808. The van der Waals surface area contributed by atoms with Crippen LogP contribution in [0.2, 0.25) is 13.1 Å². The fourth-order valence-electron chi connectivity index (χ4n) is 3.49. The van der Waals surface area contributed by atoms with E-state index in [9.17, 15) is 23.3 Å². The van der Waals surface area contributed by atoms with Crippen molar-refractivity contribution in [1.82, 2.24) is 8.87 Å². The van der Waals surface area contributed by atoms with E-state index in [1.54, 1.807) is 11.9 Å². The van der Waals surface area contributed by atoms with Gasteiger partial charge in [0.05, 0.1) is 15.9 Å². The number of carbonyl (C=O) groups is 1. The standard InChI is InChI=1S/C16H25N3O5SSi/c1-12(2)10-15-16(20)17(3)11-26(4,5)19(15)25(23,24)14-8-6-13(7-9-14)18(21)22/h6-9,12,15H,10-11H2,1-5H3/t15-/m0/s1. The van der Waals surface area contributed by atoms with Gasteiger partial charge in [-0.2, -0.15) is 0 Å². The second-order valence-corrected chi connectivity index (χ2v) is 14.3. The van der Waals surface area contributed by atoms with Crippen LogP contribution in [0.1, 0.15) is 20.3 Å². The third-order valence-corrected chi connectivity index (χ3v) is 11.1. The number of likely N-dealkylation sites (N-methyl/N-ethyl adjacent to an activating group) is 1. The monoisotopic (exact) mass is 399 g/mol. The Labute approximate surface area is 155 Å². The van der Waals surface area contributed by atoms with Gasteiger partial charge in [0.15, 0.2) is 8.24 Å². The highest BCUT2D eigenvalue weighted by molar-refractivity contribution is 7.90. The molecule has 1 aliphatic rings. The van der Waals surface area contributed by atoms with Crippen LogP contribution in [0.3, 0.4) is 0 Å². The molecule has 0 bridgehead atoms. The molecule has 1 aromatic rings. The summed E-state index contributed by atoms with van der Waals surface area (Å²) in [4.78, 5) is 24.6. The lowest BCUT2D eigenvalue weighted by Gasteiger charge is -2.48. The molecule has 26 heavy (non-hydrogen) atoms. The Morgan fingerprint density at radius 2 is 1.81 bits per heavy atom. The van der Waals surface area contributed by atoms with Gasteiger partial charge in [0, 0.05) is 25.3 Å². The second-order valence-electron chi connectivity index (χ2n) is 7.70. The summed E-state index contributed by atoms with van der Waals surface area (Å²) in [5.41, 5.74) is -0.173. The lowest BCUT2D eigenvalue weighted by molar-refractivity contribution is -0.384. The van der Waals surface area contributed by atoms with E-state index in [2.05, 4.69) is 0 Å². The summed E-state index contributed by atoms with van der Waals surface area (Å²) in [6, 6.07) is 4.10. The Morgan fingerprint density at radius 1 is 1.27 bits per heavy atom. The van der Waals surface area contributed by atoms with Gasteiger partial charge in [-0.25, -0.2) is 12.4 Å². The van der Waals surface area contributed by atoms with Crippen LogP contribution in [-0.4, -0.2) is 55.6 Å². The van der Waals surface area contributed by atoms with Crippen molar-refractivity contribution in [2.24, 2.45) is 5.92 Å². The van der Waals surface area contributed by atoms with Gasteiger partial charge in [-0.3, -0.25) is 14.9 Å². The van der Waals surface area contributed by atoms with Crippen LogP contribution in [-0.2, 0) is 14.8 Å². The molecule has 2 rings (SSSR count). The van der Waals surface area contributed by atoms with Gasteiger partial charge in [0.25, 0.3) is 5.69 Å². The van der Waals surface area contributed by atoms with Crippen molar-refractivity contribution in [2.75, 3.05) is 13.2 Å². The van der Waals surface area contributed by atoms with E-state index in [1.165, 1.54) is 28.2 Å². The largest absolute Gasteiger partial charge is 0.346 e. The normalized spacial score (nSPS) is 21.2. The Morgan fingerprint density at radius 3 is 2.27 bits per heavy atom. The number of nitro groups is 1. The van der Waals surface area contributed by atoms with Crippen molar-refractivity contribution >= 4 is 29.9 Å². The van der Waals surface area contributed by atoms with Crippen LogP contribution in [0, 0.1) is 16.0 Å². The minimum absolute atomic E-state index is 0.0187. The Kier molecular flexibility index (Phi) is 5.59. The number of sulfonamides is 1. The lowest BCUT2D eigenvalue weighted by atomic mass is 10.0. The molecule has 1 heterocycles. The zero-order valence-electron chi connectivity index (χ0n) is 15.7. The molecule has 0 N–H and O–H groups in total. The highest BCUT2D eigenvalue weighted by Gasteiger charge is 2.51. The maximum absolute atomic E-state index is 13.3. The summed E-state index contributed by atoms with van der Waals surface area (Å²) in [5.74, 6) is -0.0502. The minimum atomic E-state index is -3.94. The second kappa shape index (κ2) is 7.09. The number of hydrogen-bond donors (Lipinski definition) is 0. The molecule has 1 saturated heterocycles. The molecule has 0 aromatic heterocycles. The average Bonchev–Trinajstić information content (AvgIpc) is 2.51. The van der Waals surface area contributed by atoms with Crippen LogP contribution in [0.15, 0.2) is 29.2 Å². The first-order valence-electron chi connectivity index (χ1n) is 8.42. The first-order chi connectivity index (χ1) is 11.9. The van der Waals surface area contributed by atoms with Gasteiger partial charge >= 0.3 is 0 Å². The predicted octanol–water partition coefficient (Wildman–Crippen LogP) is 2.22. The van der Waals surface area contributed by atoms with Gasteiger partial charge < -0.3 is 4.90 Å². The average molecular weight is 400 g/mol. The molecule has 1 aromatic carbocycles. The Balaban J connectivity index is 2.54. The molecule has 1 fully saturated rings. The summed E-state index contributed by atoms with van der Waals surface area (Å²) in [5, 5.41) is 10.8. The van der Waals surface area contributed by atoms with E-state index in [0.717, 1.165) is 0 Å². The molecule has 0 aliphatic carbocycles. The van der Waals surface area contributed by atoms with Crippen molar-refractivity contribution < 1.29 is 18.1 Å². The van der Waals surface area contributed by atoms with Crippen LogP contribution in [0.4, 0.5) is 5.69 Å². The molecule has 8 nitrogen and oxygen atoms in total. The quantitative estimate of drug-likeness (QED) is 0.429. The van der Waals surface area contributed by atoms with Crippen molar-refractivity contribution in [3.8, 4) is 0 Å². The summed E-state index contributed by atoms with van der Waals surface area (Å²) >= 11 is 0. The molecule has 0 spiro atoms. The van der Waals surface area contributed by atoms with Gasteiger partial charge in [0.1, 0.15) is 0 Å². The minimum Gasteiger partial charge on any atom is -0.346 e. The predicted molar refractivity (Wildman–Crippen MR) is 100 cm³/mol. The molecule has 0 saturated carbocycles. The fraction of sp³-hybridized carbons (Fsp3) is 0.562. The van der Waals surface area contributed by atoms with E-state index in [-0.39, 0.29) is 22.4 Å². The SMILES string of the molecule is CC(C)C[C@H]1C(=O)N(C)C[Si](C)(C)N1S(=O)(=O)c1ccc([N+](=O)[O-])cc1. The number of benzene rings is 1. The van der Waals surface area contributed by atoms with Gasteiger partial charge in [0.2, 0.25) is 15.9 Å². The number of nitro benzene ring substituents is 1. The number of carbonyl (C=O) groups excluding carboxylic acids is 1. The summed E-state index contributed by atoms with van der Waals surface area (Å²) in [6.07, 6.45) is 0.846. The molecular weight excluding hydrogens is 374 g/mol. The maximum Gasteiger partial charge on any atom is 0.269 e. The first kappa shape index (κ1) is 20.5. The number of nitrogens with zero attached hydrogens (tertiary/aromatic N) is 3. The summed E-state index contributed by atoms with van der Waals surface area (Å²) in [6.45, 7) is 7.75. The molecule has 10 heteroatoms. The Hall–Kier alpha value is -1.78. The van der Waals surface area contributed by atoms with Crippen molar-refractivity contribution in [3.05, 3.63) is 34.4 Å². The number of rotatable bonds is 5. The van der Waals surface area contributed by atoms with Crippen LogP contribution < -0.4 is 0 Å². The molecule has 1 amide bonds. The molecule has 1 aliphatic heterocycles. The molecular formula is C16H25N3O5SSi. The zero-order valence-corrected chi connectivity index (χ0v) is 17.5. The number of amides is 1. The van der Waals surface area contributed by atoms with E-state index < -0.39 is 29.2 Å². The van der Waals surface area contributed by atoms with Crippen molar-refractivity contribution in [2.45, 2.75) is 44.3 Å². The number of hydrogen-bond acceptors (Lipinski definition) is 5. The van der Waals surface area contributed by atoms with Crippen molar-refractivity contribution in [1.29, 1.82) is 0 Å². The molecule has 0 unspecified atom stereocenters. The molecule has 1 atom stereocenters. The lowest BCUT2D eigenvalue weighted by Crippen LogP contribution is -2.70. The number of non-ortho nitro benzene ring substituents is 1. The van der Waals surface area contributed by atoms with Crippen LogP contribution in [0.25, 0.3) is 0 Å². The molecule has 144 valence electrons. The van der Waals surface area contributed by atoms with Gasteiger partial charge in [-0.1, -0.05) is 26.9 Å². The van der Waals surface area contributed by atoms with E-state index in [4.69, 9.17) is 0 Å². The highest BCUT2D eigenvalue weighted by Crippen LogP contribution is 2.33. The van der Waals surface area contributed by atoms with E-state index in [0.29, 0.717) is 12.6 Å². The highest BCUT2D eigenvalue weighted by atomic mass is 32.2. The fourth-order valence-corrected chi connectivity index (χ4v) is 10.3. The molecule has 0 radical (unpaired) electrons. The van der Waals surface area contributed by atoms with Gasteiger partial charge in [-0.15, -0.1) is 0 Å². The van der Waals surface area contributed by atoms with E-state index >= 15 is 0 Å². The summed E-state index contributed by atoms with van der Waals surface area (Å²) in [7, 11) is -4.72. The first-order valence-corrected chi connectivity index (χ1v) is 13.0. The summed E-state index contributed by atoms with van der Waals surface area (Å²) < 4.78 is 28.1. The van der Waals surface area contributed by atoms with Crippen LogP contribution >= 0.6 is 0 Å². The van der Waals surface area contributed by atoms with Crippen molar-refractivity contribution in [3.63, 3.8) is 0 Å². The zero-order chi connectivity index (χ0) is 19.9. The smallest absolute Gasteiger partial charge is 0.269 e.